The van der Waals surface area contributed by atoms with Crippen molar-refractivity contribution in [1.82, 2.24) is 4.90 Å². The second-order valence-corrected chi connectivity index (χ2v) is 5.38. The maximum absolute atomic E-state index is 11.0. The highest BCUT2D eigenvalue weighted by molar-refractivity contribution is 5.72. The number of rotatable bonds is 7. The minimum absolute atomic E-state index is 0.459. The van der Waals surface area contributed by atoms with Gasteiger partial charge in [-0.05, 0) is 39.2 Å². The van der Waals surface area contributed by atoms with E-state index in [-0.39, 0.29) is 0 Å². The summed E-state index contributed by atoms with van der Waals surface area (Å²) in [6.45, 7) is 5.40. The molecule has 4 heteroatoms. The van der Waals surface area contributed by atoms with Crippen LogP contribution in [0.1, 0.15) is 46.0 Å². The fourth-order valence-corrected chi connectivity index (χ4v) is 2.92. The quantitative estimate of drug-likeness (QED) is 0.760. The number of hydrogen-bond donors (Lipinski definition) is 1. The summed E-state index contributed by atoms with van der Waals surface area (Å²) < 4.78 is 5.24. The average molecular weight is 257 g/mol. The number of aliphatic carboxylic acids is 1. The van der Waals surface area contributed by atoms with Gasteiger partial charge < -0.3 is 14.7 Å². The number of carbonyl (C=O) groups is 1. The lowest BCUT2D eigenvalue weighted by molar-refractivity contribution is -0.150. The molecule has 0 heterocycles. The van der Waals surface area contributed by atoms with Crippen LogP contribution >= 0.6 is 0 Å². The van der Waals surface area contributed by atoms with E-state index in [0.29, 0.717) is 19.1 Å². The summed E-state index contributed by atoms with van der Waals surface area (Å²) in [6.07, 6.45) is 5.09. The van der Waals surface area contributed by atoms with Crippen LogP contribution in [0.5, 0.6) is 0 Å². The molecule has 1 saturated carbocycles. The first-order valence-corrected chi connectivity index (χ1v) is 7.10. The topological polar surface area (TPSA) is 49.8 Å². The molecule has 0 aromatic heterocycles. The number of ether oxygens (including phenoxy) is 1. The first-order chi connectivity index (χ1) is 8.56. The van der Waals surface area contributed by atoms with E-state index < -0.39 is 12.1 Å². The van der Waals surface area contributed by atoms with Gasteiger partial charge in [-0.3, -0.25) is 0 Å². The van der Waals surface area contributed by atoms with E-state index in [4.69, 9.17) is 9.84 Å². The van der Waals surface area contributed by atoms with Gasteiger partial charge in [0.15, 0.2) is 6.10 Å². The molecule has 1 aliphatic carbocycles. The lowest BCUT2D eigenvalue weighted by Gasteiger charge is -2.36. The molecule has 0 bridgehead atoms. The van der Waals surface area contributed by atoms with Gasteiger partial charge in [-0.2, -0.15) is 0 Å². The fraction of sp³-hybridized carbons (Fsp3) is 0.929. The van der Waals surface area contributed by atoms with Crippen LogP contribution in [-0.4, -0.2) is 48.3 Å². The third-order valence-electron chi connectivity index (χ3n) is 4.02. The maximum Gasteiger partial charge on any atom is 0.332 e. The minimum atomic E-state index is -0.845. The van der Waals surface area contributed by atoms with Crippen LogP contribution < -0.4 is 0 Å². The van der Waals surface area contributed by atoms with E-state index in [1.807, 2.05) is 6.92 Å². The monoisotopic (exact) mass is 257 g/mol. The van der Waals surface area contributed by atoms with Crippen LogP contribution in [0.2, 0.25) is 0 Å². The van der Waals surface area contributed by atoms with E-state index in [9.17, 15) is 4.79 Å². The van der Waals surface area contributed by atoms with Gasteiger partial charge >= 0.3 is 5.97 Å². The molecule has 4 nitrogen and oxygen atoms in total. The molecule has 106 valence electrons. The van der Waals surface area contributed by atoms with Gasteiger partial charge in [0.1, 0.15) is 0 Å². The zero-order valence-electron chi connectivity index (χ0n) is 11.9. The van der Waals surface area contributed by atoms with Crippen molar-refractivity contribution < 1.29 is 14.6 Å². The Morgan fingerprint density at radius 3 is 2.67 bits per heavy atom. The fourth-order valence-electron chi connectivity index (χ4n) is 2.92. The van der Waals surface area contributed by atoms with Gasteiger partial charge in [-0.15, -0.1) is 0 Å². The molecule has 1 aliphatic rings. The van der Waals surface area contributed by atoms with E-state index >= 15 is 0 Å². The molecule has 0 saturated heterocycles. The van der Waals surface area contributed by atoms with Gasteiger partial charge in [-0.1, -0.05) is 19.8 Å². The summed E-state index contributed by atoms with van der Waals surface area (Å²) in [5, 5.41) is 9.04. The zero-order chi connectivity index (χ0) is 13.5. The molecule has 3 unspecified atom stereocenters. The molecule has 0 spiro atoms. The maximum atomic E-state index is 11.0. The summed E-state index contributed by atoms with van der Waals surface area (Å²) >= 11 is 0. The predicted octanol–water partition coefficient (Wildman–Crippen LogP) is 2.38. The summed E-state index contributed by atoms with van der Waals surface area (Å²) in [4.78, 5) is 13.3. The molecule has 1 rings (SSSR count). The summed E-state index contributed by atoms with van der Waals surface area (Å²) in [5.41, 5.74) is 0. The second-order valence-electron chi connectivity index (χ2n) is 5.38. The van der Waals surface area contributed by atoms with Crippen LogP contribution in [0, 0.1) is 5.92 Å². The van der Waals surface area contributed by atoms with Crippen LogP contribution in [-0.2, 0) is 9.53 Å². The zero-order valence-corrected chi connectivity index (χ0v) is 11.9. The van der Waals surface area contributed by atoms with E-state index in [1.54, 1.807) is 0 Å². The second kappa shape index (κ2) is 7.74. The van der Waals surface area contributed by atoms with Gasteiger partial charge in [0.2, 0.25) is 0 Å². The third kappa shape index (κ3) is 4.58. The van der Waals surface area contributed by atoms with Crippen LogP contribution in [0.4, 0.5) is 0 Å². The van der Waals surface area contributed by atoms with Crippen molar-refractivity contribution in [2.24, 2.45) is 5.92 Å². The molecule has 0 aliphatic heterocycles. The molecule has 0 amide bonds. The van der Waals surface area contributed by atoms with Crippen molar-refractivity contribution >= 4 is 5.97 Å². The van der Waals surface area contributed by atoms with Gasteiger partial charge in [0.05, 0.1) is 0 Å². The normalized spacial score (nSPS) is 26.2. The largest absolute Gasteiger partial charge is 0.479 e. The SMILES string of the molecule is CCOC(CCN(C)C1CCCCC1C)C(=O)O. The van der Waals surface area contributed by atoms with Gasteiger partial charge in [-0.25, -0.2) is 4.79 Å². The highest BCUT2D eigenvalue weighted by atomic mass is 16.5. The Morgan fingerprint density at radius 1 is 1.44 bits per heavy atom. The molecule has 1 N–H and O–H groups in total. The van der Waals surface area contributed by atoms with E-state index in [1.165, 1.54) is 25.7 Å². The number of hydrogen-bond acceptors (Lipinski definition) is 3. The smallest absolute Gasteiger partial charge is 0.332 e. The molecule has 0 radical (unpaired) electrons. The van der Waals surface area contributed by atoms with Gasteiger partial charge in [0.25, 0.3) is 0 Å². The number of nitrogens with zero attached hydrogens (tertiary/aromatic N) is 1. The molecule has 0 aromatic carbocycles. The van der Waals surface area contributed by atoms with Crippen molar-refractivity contribution in [3.05, 3.63) is 0 Å². The first-order valence-electron chi connectivity index (χ1n) is 7.10. The van der Waals surface area contributed by atoms with E-state index in [2.05, 4.69) is 18.9 Å². The Balaban J connectivity index is 2.38. The highest BCUT2D eigenvalue weighted by Gasteiger charge is 2.26. The Kier molecular flexibility index (Phi) is 6.65. The number of carboxylic acid groups (broad SMARTS) is 1. The molecule has 3 atom stereocenters. The molecule has 18 heavy (non-hydrogen) atoms. The number of carboxylic acids is 1. The molecular weight excluding hydrogens is 230 g/mol. The molecule has 0 aromatic rings. The standard InChI is InChI=1S/C14H27NO3/c1-4-18-13(14(16)17)9-10-15(3)12-8-6-5-7-11(12)2/h11-13H,4-10H2,1-3H3,(H,16,17). The summed E-state index contributed by atoms with van der Waals surface area (Å²) in [7, 11) is 2.11. The van der Waals surface area contributed by atoms with E-state index in [0.717, 1.165) is 12.5 Å². The molecule has 1 fully saturated rings. The Hall–Kier alpha value is -0.610. The summed E-state index contributed by atoms with van der Waals surface area (Å²) in [6, 6.07) is 0.606. The van der Waals surface area contributed by atoms with Crippen molar-refractivity contribution in [2.45, 2.75) is 58.1 Å². The van der Waals surface area contributed by atoms with Crippen LogP contribution in [0.15, 0.2) is 0 Å². The minimum Gasteiger partial charge on any atom is -0.479 e. The third-order valence-corrected chi connectivity index (χ3v) is 4.02. The Bertz CT molecular complexity index is 257. The van der Waals surface area contributed by atoms with Crippen molar-refractivity contribution in [3.8, 4) is 0 Å². The Morgan fingerprint density at radius 2 is 2.11 bits per heavy atom. The van der Waals surface area contributed by atoms with Crippen LogP contribution in [0.25, 0.3) is 0 Å². The average Bonchev–Trinajstić information content (AvgIpc) is 2.34. The predicted molar refractivity (Wildman–Crippen MR) is 71.7 cm³/mol. The van der Waals surface area contributed by atoms with Crippen LogP contribution in [0.3, 0.4) is 0 Å². The van der Waals surface area contributed by atoms with Crippen molar-refractivity contribution in [2.75, 3.05) is 20.2 Å². The Labute approximate surface area is 110 Å². The highest BCUT2D eigenvalue weighted by Crippen LogP contribution is 2.27. The lowest BCUT2D eigenvalue weighted by atomic mass is 9.85. The van der Waals surface area contributed by atoms with Crippen molar-refractivity contribution in [1.29, 1.82) is 0 Å². The van der Waals surface area contributed by atoms with Crippen molar-refractivity contribution in [3.63, 3.8) is 0 Å². The van der Waals surface area contributed by atoms with Gasteiger partial charge in [0, 0.05) is 19.2 Å². The molecular formula is C14H27NO3. The lowest BCUT2D eigenvalue weighted by Crippen LogP contribution is -2.41. The first kappa shape index (κ1) is 15.4. The summed E-state index contributed by atoms with van der Waals surface area (Å²) in [5.74, 6) is -0.124.